The first-order valence-corrected chi connectivity index (χ1v) is 13.0. The van der Waals surface area contributed by atoms with Crippen LogP contribution in [0, 0.1) is 0 Å². The van der Waals surface area contributed by atoms with E-state index in [0.717, 1.165) is 11.1 Å². The Morgan fingerprint density at radius 3 is 1.39 bits per heavy atom. The van der Waals surface area contributed by atoms with E-state index in [1.807, 2.05) is 13.8 Å². The van der Waals surface area contributed by atoms with Gasteiger partial charge < -0.3 is 33.8 Å². The molecule has 0 aliphatic carbocycles. The Bertz CT molecular complexity index is 888. The summed E-state index contributed by atoms with van der Waals surface area (Å²) in [6, 6.07) is 9.41. The summed E-state index contributed by atoms with van der Waals surface area (Å²) in [5, 5.41) is -0.314. The third-order valence-corrected chi connectivity index (χ3v) is 6.42. The summed E-state index contributed by atoms with van der Waals surface area (Å²) in [6.45, 7) is 4.18. The molecule has 0 atom stereocenters. The highest BCUT2D eigenvalue weighted by molar-refractivity contribution is 7.60. The van der Waals surface area contributed by atoms with Crippen molar-refractivity contribution in [2.45, 2.75) is 26.7 Å². The Morgan fingerprint density at radius 2 is 1.06 bits per heavy atom. The van der Waals surface area contributed by atoms with Crippen LogP contribution in [0.5, 0.6) is 11.5 Å². The molecule has 0 amide bonds. The molecule has 9 nitrogen and oxygen atoms in total. The summed E-state index contributed by atoms with van der Waals surface area (Å²) in [7, 11) is -8.94. The third kappa shape index (κ3) is 7.74. The van der Waals surface area contributed by atoms with Gasteiger partial charge in [-0.05, 0) is 48.2 Å². The van der Waals surface area contributed by atoms with Gasteiger partial charge in [-0.3, -0.25) is 9.13 Å². The zero-order valence-corrected chi connectivity index (χ0v) is 19.2. The van der Waals surface area contributed by atoms with E-state index in [9.17, 15) is 28.7 Å². The van der Waals surface area contributed by atoms with Crippen molar-refractivity contribution in [1.82, 2.24) is 0 Å². The van der Waals surface area contributed by atoms with E-state index in [0.29, 0.717) is 12.8 Å². The maximum absolute atomic E-state index is 11.7. The molecule has 0 unspecified atom stereocenters. The second-order valence-corrected chi connectivity index (χ2v) is 9.85. The molecule has 0 spiro atoms. The highest BCUT2D eigenvalue weighted by Crippen LogP contribution is 2.38. The molecule has 172 valence electrons. The molecule has 0 aliphatic heterocycles. The Balaban J connectivity index is 1.83. The zero-order chi connectivity index (χ0) is 23.1. The van der Waals surface area contributed by atoms with Crippen LogP contribution >= 0.6 is 15.2 Å². The normalized spacial score (nSPS) is 12.1. The monoisotopic (exact) mass is 474 g/mol. The molecule has 0 saturated carbocycles. The van der Waals surface area contributed by atoms with Crippen molar-refractivity contribution in [1.29, 1.82) is 0 Å². The first kappa shape index (κ1) is 25.6. The molecule has 0 saturated heterocycles. The number of ether oxygens (including phenoxy) is 3. The van der Waals surface area contributed by atoms with Gasteiger partial charge in [0.2, 0.25) is 0 Å². The van der Waals surface area contributed by atoms with Gasteiger partial charge in [-0.1, -0.05) is 26.0 Å². The van der Waals surface area contributed by atoms with Crippen LogP contribution in [-0.2, 0) is 26.7 Å². The Labute approximate surface area is 181 Å². The number of rotatable bonds is 12. The van der Waals surface area contributed by atoms with Crippen LogP contribution in [0.1, 0.15) is 25.0 Å². The smallest absolute Gasteiger partial charge is 0.359 e. The van der Waals surface area contributed by atoms with Gasteiger partial charge in [0.25, 0.3) is 0 Å². The summed E-state index contributed by atoms with van der Waals surface area (Å²) < 4.78 is 39.7. The molecule has 2 aromatic rings. The van der Waals surface area contributed by atoms with Crippen LogP contribution in [0.25, 0.3) is 0 Å². The lowest BCUT2D eigenvalue weighted by Crippen LogP contribution is -2.17. The van der Waals surface area contributed by atoms with E-state index in [1.165, 1.54) is 24.3 Å². The van der Waals surface area contributed by atoms with E-state index in [4.69, 9.17) is 14.2 Å². The topological polar surface area (TPSA) is 143 Å². The Hall–Kier alpha value is -1.70. The Kier molecular flexibility index (Phi) is 9.28. The average molecular weight is 474 g/mol. The number of aryl methyl sites for hydroxylation is 2. The lowest BCUT2D eigenvalue weighted by Gasteiger charge is -2.15. The van der Waals surface area contributed by atoms with Gasteiger partial charge in [-0.25, -0.2) is 0 Å². The molecular formula is C20H28O9P2. The minimum Gasteiger partial charge on any atom is -0.490 e. The van der Waals surface area contributed by atoms with Gasteiger partial charge in [0.1, 0.15) is 35.3 Å². The van der Waals surface area contributed by atoms with Gasteiger partial charge in [-0.2, -0.15) is 0 Å². The molecule has 2 aromatic carbocycles. The number of hydrogen-bond donors (Lipinski definition) is 4. The van der Waals surface area contributed by atoms with Crippen LogP contribution in [-0.4, -0.2) is 46.0 Å². The zero-order valence-electron chi connectivity index (χ0n) is 17.4. The van der Waals surface area contributed by atoms with E-state index in [-0.39, 0.29) is 48.5 Å². The minimum absolute atomic E-state index is 0.0669. The third-order valence-electron chi connectivity index (χ3n) is 4.46. The van der Waals surface area contributed by atoms with Crippen molar-refractivity contribution < 1.29 is 42.9 Å². The molecule has 31 heavy (non-hydrogen) atoms. The first-order chi connectivity index (χ1) is 14.6. The molecule has 2 rings (SSSR count). The predicted molar refractivity (Wildman–Crippen MR) is 117 cm³/mol. The van der Waals surface area contributed by atoms with Crippen LogP contribution in [0.3, 0.4) is 0 Å². The summed E-state index contributed by atoms with van der Waals surface area (Å²) in [6.07, 6.45) is 1.28. The minimum atomic E-state index is -4.47. The molecular weight excluding hydrogens is 446 g/mol. The molecule has 11 heteroatoms. The summed E-state index contributed by atoms with van der Waals surface area (Å²) in [4.78, 5) is 38.0. The van der Waals surface area contributed by atoms with Gasteiger partial charge in [0, 0.05) is 0 Å². The van der Waals surface area contributed by atoms with Gasteiger partial charge in [0.15, 0.2) is 0 Å². The fourth-order valence-electron chi connectivity index (χ4n) is 2.79. The highest BCUT2D eigenvalue weighted by Gasteiger charge is 2.24. The maximum atomic E-state index is 11.7. The van der Waals surface area contributed by atoms with Crippen molar-refractivity contribution in [2.75, 3.05) is 26.4 Å². The van der Waals surface area contributed by atoms with Crippen LogP contribution in [0.4, 0.5) is 0 Å². The van der Waals surface area contributed by atoms with Crippen LogP contribution < -0.4 is 20.1 Å². The molecule has 0 heterocycles. The largest absolute Gasteiger partial charge is 0.490 e. The number of hydrogen-bond acceptors (Lipinski definition) is 5. The second-order valence-electron chi connectivity index (χ2n) is 6.71. The van der Waals surface area contributed by atoms with Crippen molar-refractivity contribution in [2.24, 2.45) is 0 Å². The lowest BCUT2D eigenvalue weighted by atomic mass is 10.2. The average Bonchev–Trinajstić information content (AvgIpc) is 2.71. The molecule has 0 aromatic heterocycles. The molecule has 0 radical (unpaired) electrons. The van der Waals surface area contributed by atoms with Crippen molar-refractivity contribution in [3.05, 3.63) is 47.5 Å². The van der Waals surface area contributed by atoms with Crippen molar-refractivity contribution >= 4 is 25.8 Å². The summed E-state index contributed by atoms with van der Waals surface area (Å²) >= 11 is 0. The molecule has 4 N–H and O–H groups in total. The summed E-state index contributed by atoms with van der Waals surface area (Å²) in [5.41, 5.74) is 1.58. The Morgan fingerprint density at radius 1 is 0.677 bits per heavy atom. The van der Waals surface area contributed by atoms with E-state index in [1.54, 1.807) is 12.1 Å². The van der Waals surface area contributed by atoms with Crippen molar-refractivity contribution in [3.63, 3.8) is 0 Å². The fraction of sp³-hybridized carbons (Fsp3) is 0.400. The van der Waals surface area contributed by atoms with Gasteiger partial charge >= 0.3 is 15.2 Å². The predicted octanol–water partition coefficient (Wildman–Crippen LogP) is 1.89. The standard InChI is InChI=1S/C20H28O9P2/c1-3-15-5-7-17(19(13-15)30(21,22)23)28-11-9-27-10-12-29-18-8-6-16(4-2)14-20(18)31(24,25)26/h5-8,13-14H,3-4,9-12H2,1-2H3,(H2,21,22,23)(H2,24,25,26). The molecule has 0 bridgehead atoms. The molecule has 0 fully saturated rings. The summed E-state index contributed by atoms with van der Waals surface area (Å²) in [5.74, 6) is 0.209. The van der Waals surface area contributed by atoms with E-state index >= 15 is 0 Å². The van der Waals surface area contributed by atoms with E-state index in [2.05, 4.69) is 0 Å². The SMILES string of the molecule is CCc1ccc(OCCOCCOc2ccc(CC)cc2P(=O)(O)O)c(P(=O)(O)O)c1. The van der Waals surface area contributed by atoms with Gasteiger partial charge in [0.05, 0.1) is 13.2 Å². The highest BCUT2D eigenvalue weighted by atomic mass is 31.2. The van der Waals surface area contributed by atoms with E-state index < -0.39 is 15.2 Å². The lowest BCUT2D eigenvalue weighted by molar-refractivity contribution is 0.0768. The van der Waals surface area contributed by atoms with Crippen molar-refractivity contribution in [3.8, 4) is 11.5 Å². The fourth-order valence-corrected chi connectivity index (χ4v) is 4.31. The van der Waals surface area contributed by atoms with Crippen LogP contribution in [0.2, 0.25) is 0 Å². The maximum Gasteiger partial charge on any atom is 0.359 e. The quantitative estimate of drug-likeness (QED) is 0.268. The van der Waals surface area contributed by atoms with Crippen LogP contribution in [0.15, 0.2) is 36.4 Å². The van der Waals surface area contributed by atoms with Gasteiger partial charge in [-0.15, -0.1) is 0 Å². The molecule has 0 aliphatic rings. The first-order valence-electron chi connectivity index (χ1n) is 9.77. The number of benzene rings is 2. The second kappa shape index (κ2) is 11.2.